The van der Waals surface area contributed by atoms with Crippen LogP contribution in [0.15, 0.2) is 17.0 Å². The fraction of sp³-hybridized carbons (Fsp3) is 0.273. The van der Waals surface area contributed by atoms with Crippen molar-refractivity contribution in [3.8, 4) is 12.3 Å². The molecule has 0 bridgehead atoms. The van der Waals surface area contributed by atoms with Gasteiger partial charge in [-0.25, -0.2) is 8.42 Å². The molecule has 0 fully saturated rings. The molecule has 102 valence electrons. The monoisotopic (exact) mass is 286 g/mol. The maximum atomic E-state index is 13.5. The summed E-state index contributed by atoms with van der Waals surface area (Å²) in [6, 6.07) is 1.72. The summed E-state index contributed by atoms with van der Waals surface area (Å²) in [5.74, 6) is 1.09. The minimum atomic E-state index is -3.98. The Morgan fingerprint density at radius 1 is 1.53 bits per heavy atom. The maximum absolute atomic E-state index is 13.5. The lowest BCUT2D eigenvalue weighted by Gasteiger charge is -2.14. The fourth-order valence-electron chi connectivity index (χ4n) is 1.39. The van der Waals surface area contributed by atoms with Gasteiger partial charge in [0.15, 0.2) is 0 Å². The second kappa shape index (κ2) is 5.34. The molecular weight excluding hydrogens is 275 g/mol. The minimum Gasteiger partial charge on any atom is -0.258 e. The highest BCUT2D eigenvalue weighted by Crippen LogP contribution is 2.26. The Labute approximate surface area is 110 Å². The van der Waals surface area contributed by atoms with E-state index in [0.29, 0.717) is 6.07 Å². The lowest BCUT2D eigenvalue weighted by Crippen LogP contribution is -2.27. The number of hydrogen-bond donors (Lipinski definition) is 0. The highest BCUT2D eigenvalue weighted by Gasteiger charge is 2.26. The van der Waals surface area contributed by atoms with Gasteiger partial charge in [0.05, 0.1) is 16.4 Å². The molecule has 6 nitrogen and oxygen atoms in total. The van der Waals surface area contributed by atoms with Crippen molar-refractivity contribution in [1.29, 1.82) is 0 Å². The van der Waals surface area contributed by atoms with Gasteiger partial charge in [-0.3, -0.25) is 10.1 Å². The first kappa shape index (κ1) is 15.1. The molecule has 1 aromatic rings. The van der Waals surface area contributed by atoms with E-state index in [1.54, 1.807) is 0 Å². The van der Waals surface area contributed by atoms with E-state index in [1.165, 1.54) is 14.0 Å². The van der Waals surface area contributed by atoms with E-state index in [2.05, 4.69) is 5.92 Å². The predicted molar refractivity (Wildman–Crippen MR) is 66.4 cm³/mol. The van der Waals surface area contributed by atoms with Crippen LogP contribution in [0.25, 0.3) is 0 Å². The molecule has 0 heterocycles. The zero-order valence-corrected chi connectivity index (χ0v) is 11.1. The SMILES string of the molecule is C#CCN(C)S(=O)(=O)c1cc(C)c(F)c([N+](=O)[O-])c1. The zero-order valence-electron chi connectivity index (χ0n) is 10.3. The number of terminal acetylenes is 1. The number of rotatable bonds is 4. The zero-order chi connectivity index (χ0) is 14.8. The Bertz CT molecular complexity index is 664. The van der Waals surface area contributed by atoms with Crippen molar-refractivity contribution in [1.82, 2.24) is 4.31 Å². The summed E-state index contributed by atoms with van der Waals surface area (Å²) in [5.41, 5.74) is -1.01. The lowest BCUT2D eigenvalue weighted by molar-refractivity contribution is -0.387. The van der Waals surface area contributed by atoms with Gasteiger partial charge in [-0.1, -0.05) is 5.92 Å². The normalized spacial score (nSPS) is 11.3. The standard InChI is InChI=1S/C11H11FN2O4S/c1-4-5-13(3)19(17,18)9-6-8(2)11(12)10(7-9)14(15)16/h1,6-7H,5H2,2-3H3. The van der Waals surface area contributed by atoms with E-state index >= 15 is 0 Å². The van der Waals surface area contributed by atoms with Crippen LogP contribution in [-0.2, 0) is 10.0 Å². The summed E-state index contributed by atoms with van der Waals surface area (Å²) in [6.07, 6.45) is 5.01. The molecule has 0 amide bonds. The Morgan fingerprint density at radius 3 is 2.58 bits per heavy atom. The number of nitrogens with zero attached hydrogens (tertiary/aromatic N) is 2. The molecule has 0 radical (unpaired) electrons. The first-order chi connectivity index (χ1) is 8.71. The average Bonchev–Trinajstić information content (AvgIpc) is 2.32. The highest BCUT2D eigenvalue weighted by molar-refractivity contribution is 7.89. The van der Waals surface area contributed by atoms with Crippen molar-refractivity contribution in [2.45, 2.75) is 11.8 Å². The van der Waals surface area contributed by atoms with Gasteiger partial charge in [-0.15, -0.1) is 6.42 Å². The van der Waals surface area contributed by atoms with Crippen LogP contribution in [-0.4, -0.2) is 31.2 Å². The highest BCUT2D eigenvalue weighted by atomic mass is 32.2. The van der Waals surface area contributed by atoms with Gasteiger partial charge in [0.25, 0.3) is 0 Å². The van der Waals surface area contributed by atoms with E-state index in [9.17, 15) is 22.9 Å². The number of sulfonamides is 1. The maximum Gasteiger partial charge on any atom is 0.306 e. The minimum absolute atomic E-state index is 0.123. The summed E-state index contributed by atoms with van der Waals surface area (Å²) < 4.78 is 38.4. The van der Waals surface area contributed by atoms with Crippen LogP contribution in [0.5, 0.6) is 0 Å². The van der Waals surface area contributed by atoms with Crippen molar-refractivity contribution in [3.63, 3.8) is 0 Å². The van der Waals surface area contributed by atoms with Crippen molar-refractivity contribution in [3.05, 3.63) is 33.6 Å². The third-order valence-electron chi connectivity index (χ3n) is 2.43. The summed E-state index contributed by atoms with van der Waals surface area (Å²) in [5, 5.41) is 10.7. The van der Waals surface area contributed by atoms with Gasteiger partial charge in [0, 0.05) is 13.1 Å². The first-order valence-corrected chi connectivity index (χ1v) is 6.50. The summed E-state index contributed by atoms with van der Waals surface area (Å²) in [7, 11) is -2.74. The molecule has 0 unspecified atom stereocenters. The molecule has 0 saturated carbocycles. The lowest BCUT2D eigenvalue weighted by atomic mass is 10.2. The number of benzene rings is 1. The number of nitro benzene ring substituents is 1. The molecule has 0 aliphatic heterocycles. The Balaban J connectivity index is 3.46. The molecule has 0 N–H and O–H groups in total. The Kier molecular flexibility index (Phi) is 4.24. The van der Waals surface area contributed by atoms with Gasteiger partial charge in [-0.05, 0) is 18.6 Å². The van der Waals surface area contributed by atoms with Crippen LogP contribution < -0.4 is 0 Å². The van der Waals surface area contributed by atoms with Crippen LogP contribution in [0.2, 0.25) is 0 Å². The van der Waals surface area contributed by atoms with Crippen LogP contribution in [0, 0.1) is 35.2 Å². The van der Waals surface area contributed by atoms with E-state index in [-0.39, 0.29) is 17.0 Å². The molecule has 0 aliphatic rings. The largest absolute Gasteiger partial charge is 0.306 e. The van der Waals surface area contributed by atoms with E-state index < -0.39 is 26.5 Å². The number of nitro groups is 1. The molecule has 8 heteroatoms. The van der Waals surface area contributed by atoms with Gasteiger partial charge in [-0.2, -0.15) is 8.70 Å². The van der Waals surface area contributed by atoms with Crippen molar-refractivity contribution >= 4 is 15.7 Å². The second-order valence-electron chi connectivity index (χ2n) is 3.80. The summed E-state index contributed by atoms with van der Waals surface area (Å²) >= 11 is 0. The van der Waals surface area contributed by atoms with Gasteiger partial charge in [0.1, 0.15) is 0 Å². The molecular formula is C11H11FN2O4S. The van der Waals surface area contributed by atoms with Crippen molar-refractivity contribution in [2.75, 3.05) is 13.6 Å². The molecule has 0 aliphatic carbocycles. The molecule has 0 spiro atoms. The third kappa shape index (κ3) is 2.89. The molecule has 1 aromatic carbocycles. The molecule has 0 saturated heterocycles. The quantitative estimate of drug-likeness (QED) is 0.474. The second-order valence-corrected chi connectivity index (χ2v) is 5.84. The molecule has 0 atom stereocenters. The third-order valence-corrected chi connectivity index (χ3v) is 4.21. The van der Waals surface area contributed by atoms with Crippen molar-refractivity contribution < 1.29 is 17.7 Å². The van der Waals surface area contributed by atoms with Crippen LogP contribution in [0.3, 0.4) is 0 Å². The molecule has 1 rings (SSSR count). The smallest absolute Gasteiger partial charge is 0.258 e. The number of halogens is 1. The number of aryl methyl sites for hydroxylation is 1. The fourth-order valence-corrected chi connectivity index (χ4v) is 2.58. The van der Waals surface area contributed by atoms with Crippen LogP contribution >= 0.6 is 0 Å². The molecule has 19 heavy (non-hydrogen) atoms. The topological polar surface area (TPSA) is 80.5 Å². The van der Waals surface area contributed by atoms with Gasteiger partial charge in [0.2, 0.25) is 15.8 Å². The summed E-state index contributed by atoms with van der Waals surface area (Å²) in [4.78, 5) is 9.34. The first-order valence-electron chi connectivity index (χ1n) is 5.06. The van der Waals surface area contributed by atoms with E-state index in [4.69, 9.17) is 6.42 Å². The Morgan fingerprint density at radius 2 is 2.11 bits per heavy atom. The van der Waals surface area contributed by atoms with Gasteiger partial charge >= 0.3 is 5.69 Å². The van der Waals surface area contributed by atoms with E-state index in [0.717, 1.165) is 10.4 Å². The average molecular weight is 286 g/mol. The molecule has 0 aromatic heterocycles. The van der Waals surface area contributed by atoms with E-state index in [1.807, 2.05) is 0 Å². The summed E-state index contributed by atoms with van der Waals surface area (Å²) in [6.45, 7) is 1.06. The van der Waals surface area contributed by atoms with Crippen LogP contribution in [0.1, 0.15) is 5.56 Å². The van der Waals surface area contributed by atoms with Crippen molar-refractivity contribution in [2.24, 2.45) is 0 Å². The van der Waals surface area contributed by atoms with Gasteiger partial charge < -0.3 is 0 Å². The predicted octanol–water partition coefficient (Wildman–Crippen LogP) is 1.30. The van der Waals surface area contributed by atoms with Crippen LogP contribution in [0.4, 0.5) is 10.1 Å². The Hall–Kier alpha value is -1.98. The number of hydrogen-bond acceptors (Lipinski definition) is 4.